The van der Waals surface area contributed by atoms with Crippen LogP contribution in [-0.2, 0) is 6.42 Å². The van der Waals surface area contributed by atoms with Crippen LogP contribution in [-0.4, -0.2) is 36.1 Å². The van der Waals surface area contributed by atoms with Gasteiger partial charge in [-0.15, -0.1) is 0 Å². The SMILES string of the molecule is CCNC(Cc1cccc(Br)c1)C(C)(CC)N(CC)CC. The smallest absolute Gasteiger partial charge is 0.0334 e. The highest BCUT2D eigenvalue weighted by Gasteiger charge is 2.36. The van der Waals surface area contributed by atoms with Gasteiger partial charge < -0.3 is 5.32 Å². The third-order valence-corrected chi connectivity index (χ3v) is 5.22. The van der Waals surface area contributed by atoms with Crippen molar-refractivity contribution in [3.05, 3.63) is 34.3 Å². The topological polar surface area (TPSA) is 15.3 Å². The Labute approximate surface area is 139 Å². The van der Waals surface area contributed by atoms with E-state index in [0.717, 1.165) is 36.9 Å². The van der Waals surface area contributed by atoms with E-state index in [1.54, 1.807) is 0 Å². The summed E-state index contributed by atoms with van der Waals surface area (Å²) >= 11 is 3.58. The molecule has 0 radical (unpaired) electrons. The lowest BCUT2D eigenvalue weighted by molar-refractivity contribution is 0.0707. The van der Waals surface area contributed by atoms with Crippen LogP contribution in [0.3, 0.4) is 0 Å². The van der Waals surface area contributed by atoms with Crippen LogP contribution in [0.25, 0.3) is 0 Å². The van der Waals surface area contributed by atoms with Crippen LogP contribution in [0.2, 0.25) is 0 Å². The molecule has 0 aromatic heterocycles. The molecule has 21 heavy (non-hydrogen) atoms. The summed E-state index contributed by atoms with van der Waals surface area (Å²) in [6.45, 7) is 14.7. The van der Waals surface area contributed by atoms with Gasteiger partial charge in [0.1, 0.15) is 0 Å². The molecule has 1 rings (SSSR count). The molecule has 0 saturated heterocycles. The fourth-order valence-corrected chi connectivity index (χ4v) is 3.74. The first-order chi connectivity index (χ1) is 10.0. The van der Waals surface area contributed by atoms with Gasteiger partial charge in [-0.1, -0.05) is 55.8 Å². The zero-order valence-electron chi connectivity index (χ0n) is 14.2. The molecule has 120 valence electrons. The maximum absolute atomic E-state index is 3.73. The lowest BCUT2D eigenvalue weighted by Crippen LogP contribution is -2.60. The van der Waals surface area contributed by atoms with Gasteiger partial charge in [-0.05, 0) is 57.1 Å². The molecule has 0 spiro atoms. The van der Waals surface area contributed by atoms with Crippen molar-refractivity contribution in [2.24, 2.45) is 0 Å². The zero-order chi connectivity index (χ0) is 15.9. The Hall–Kier alpha value is -0.380. The van der Waals surface area contributed by atoms with Crippen molar-refractivity contribution >= 4 is 15.9 Å². The van der Waals surface area contributed by atoms with Gasteiger partial charge in [-0.25, -0.2) is 0 Å². The van der Waals surface area contributed by atoms with Crippen molar-refractivity contribution in [2.75, 3.05) is 19.6 Å². The second-order valence-corrected chi connectivity index (χ2v) is 6.74. The minimum Gasteiger partial charge on any atom is -0.312 e. The molecule has 0 bridgehead atoms. The summed E-state index contributed by atoms with van der Waals surface area (Å²) in [6, 6.07) is 9.15. The Bertz CT molecular complexity index is 417. The lowest BCUT2D eigenvalue weighted by Gasteiger charge is -2.46. The van der Waals surface area contributed by atoms with E-state index in [2.05, 4.69) is 85.0 Å². The Kier molecular flexibility index (Phi) is 7.93. The van der Waals surface area contributed by atoms with Crippen molar-refractivity contribution in [3.8, 4) is 0 Å². The summed E-state index contributed by atoms with van der Waals surface area (Å²) in [6.07, 6.45) is 2.22. The van der Waals surface area contributed by atoms with Gasteiger partial charge >= 0.3 is 0 Å². The van der Waals surface area contributed by atoms with Crippen molar-refractivity contribution in [1.82, 2.24) is 10.2 Å². The average Bonchev–Trinajstić information content (AvgIpc) is 2.47. The minimum absolute atomic E-state index is 0.182. The fraction of sp³-hybridized carbons (Fsp3) is 0.667. The number of halogens is 1. The van der Waals surface area contributed by atoms with Crippen LogP contribution in [0.15, 0.2) is 28.7 Å². The molecule has 3 heteroatoms. The molecular formula is C18H31BrN2. The van der Waals surface area contributed by atoms with Gasteiger partial charge in [-0.3, -0.25) is 4.90 Å². The first-order valence-electron chi connectivity index (χ1n) is 8.24. The molecule has 0 amide bonds. The fourth-order valence-electron chi connectivity index (χ4n) is 3.29. The van der Waals surface area contributed by atoms with E-state index in [-0.39, 0.29) is 5.54 Å². The molecule has 2 atom stereocenters. The van der Waals surface area contributed by atoms with E-state index < -0.39 is 0 Å². The van der Waals surface area contributed by atoms with Crippen LogP contribution in [0.1, 0.15) is 46.6 Å². The van der Waals surface area contributed by atoms with Crippen LogP contribution in [0.5, 0.6) is 0 Å². The number of hydrogen-bond donors (Lipinski definition) is 1. The first kappa shape index (κ1) is 18.7. The Balaban J connectivity index is 3.02. The van der Waals surface area contributed by atoms with E-state index in [9.17, 15) is 0 Å². The molecule has 0 aliphatic rings. The van der Waals surface area contributed by atoms with Crippen molar-refractivity contribution in [3.63, 3.8) is 0 Å². The summed E-state index contributed by atoms with van der Waals surface area (Å²) in [5, 5.41) is 3.73. The Morgan fingerprint density at radius 3 is 2.33 bits per heavy atom. The molecule has 0 fully saturated rings. The highest BCUT2D eigenvalue weighted by molar-refractivity contribution is 9.10. The molecule has 0 aliphatic heterocycles. The van der Waals surface area contributed by atoms with Crippen molar-refractivity contribution < 1.29 is 0 Å². The molecular weight excluding hydrogens is 324 g/mol. The van der Waals surface area contributed by atoms with Crippen molar-refractivity contribution in [2.45, 2.75) is 59.0 Å². The molecule has 2 nitrogen and oxygen atoms in total. The summed E-state index contributed by atoms with van der Waals surface area (Å²) in [5.41, 5.74) is 1.57. The molecule has 1 aromatic rings. The number of nitrogens with one attached hydrogen (secondary N) is 1. The summed E-state index contributed by atoms with van der Waals surface area (Å²) in [7, 11) is 0. The molecule has 0 heterocycles. The van der Waals surface area contributed by atoms with E-state index in [1.807, 2.05) is 0 Å². The van der Waals surface area contributed by atoms with E-state index in [0.29, 0.717) is 6.04 Å². The van der Waals surface area contributed by atoms with Gasteiger partial charge in [0.2, 0.25) is 0 Å². The normalized spacial score (nSPS) is 16.0. The average molecular weight is 355 g/mol. The summed E-state index contributed by atoms with van der Waals surface area (Å²) < 4.78 is 1.16. The first-order valence-corrected chi connectivity index (χ1v) is 9.03. The molecule has 2 unspecified atom stereocenters. The Morgan fingerprint density at radius 1 is 1.19 bits per heavy atom. The predicted octanol–water partition coefficient (Wildman–Crippen LogP) is 4.48. The molecule has 0 aliphatic carbocycles. The number of likely N-dealkylation sites (N-methyl/N-ethyl adjacent to an activating group) is 2. The summed E-state index contributed by atoms with van der Waals surface area (Å²) in [4.78, 5) is 2.60. The third kappa shape index (κ3) is 4.80. The maximum Gasteiger partial charge on any atom is 0.0334 e. The third-order valence-electron chi connectivity index (χ3n) is 4.73. The largest absolute Gasteiger partial charge is 0.312 e. The van der Waals surface area contributed by atoms with Crippen LogP contribution in [0.4, 0.5) is 0 Å². The zero-order valence-corrected chi connectivity index (χ0v) is 15.8. The summed E-state index contributed by atoms with van der Waals surface area (Å²) in [5.74, 6) is 0. The van der Waals surface area contributed by atoms with Gasteiger partial charge in [-0.2, -0.15) is 0 Å². The van der Waals surface area contributed by atoms with Crippen LogP contribution >= 0.6 is 15.9 Å². The van der Waals surface area contributed by atoms with Gasteiger partial charge in [0.25, 0.3) is 0 Å². The minimum atomic E-state index is 0.182. The molecule has 1 N–H and O–H groups in total. The van der Waals surface area contributed by atoms with E-state index in [1.165, 1.54) is 5.56 Å². The number of hydrogen-bond acceptors (Lipinski definition) is 2. The van der Waals surface area contributed by atoms with Crippen molar-refractivity contribution in [1.29, 1.82) is 0 Å². The van der Waals surface area contributed by atoms with Crippen LogP contribution in [0, 0.1) is 0 Å². The number of benzene rings is 1. The second-order valence-electron chi connectivity index (χ2n) is 5.83. The lowest BCUT2D eigenvalue weighted by atomic mass is 9.83. The maximum atomic E-state index is 3.73. The van der Waals surface area contributed by atoms with Crippen LogP contribution < -0.4 is 5.32 Å². The number of rotatable bonds is 9. The predicted molar refractivity (Wildman–Crippen MR) is 96.9 cm³/mol. The number of nitrogens with zero attached hydrogens (tertiary/aromatic N) is 1. The molecule has 0 saturated carbocycles. The quantitative estimate of drug-likeness (QED) is 0.703. The van der Waals surface area contributed by atoms with E-state index in [4.69, 9.17) is 0 Å². The highest BCUT2D eigenvalue weighted by atomic mass is 79.9. The van der Waals surface area contributed by atoms with Gasteiger partial charge in [0, 0.05) is 16.1 Å². The van der Waals surface area contributed by atoms with E-state index >= 15 is 0 Å². The van der Waals surface area contributed by atoms with Gasteiger partial charge in [0.05, 0.1) is 0 Å². The standard InChI is InChI=1S/C18H31BrN2/c1-6-18(5,21(8-3)9-4)17(20-7-2)14-15-11-10-12-16(19)13-15/h10-13,17,20H,6-9,14H2,1-5H3. The Morgan fingerprint density at radius 2 is 1.86 bits per heavy atom. The molecule has 1 aromatic carbocycles. The second kappa shape index (κ2) is 8.92. The monoisotopic (exact) mass is 354 g/mol. The highest BCUT2D eigenvalue weighted by Crippen LogP contribution is 2.26. The van der Waals surface area contributed by atoms with Gasteiger partial charge in [0.15, 0.2) is 0 Å².